The van der Waals surface area contributed by atoms with E-state index < -0.39 is 10.0 Å². The topological polar surface area (TPSA) is 75.7 Å². The van der Waals surface area contributed by atoms with E-state index in [1.165, 1.54) is 19.2 Å². The number of nitrogens with zero attached hydrogens (tertiary/aromatic N) is 1. The van der Waals surface area contributed by atoms with Crippen LogP contribution in [0.25, 0.3) is 0 Å². The fourth-order valence-corrected chi connectivity index (χ4v) is 4.38. The molecular weight excluding hydrogens is 388 g/mol. The van der Waals surface area contributed by atoms with E-state index in [-0.39, 0.29) is 29.3 Å². The average Bonchev–Trinajstić information content (AvgIpc) is 2.67. The van der Waals surface area contributed by atoms with Crippen LogP contribution in [0.2, 0.25) is 0 Å². The number of methoxy groups -OCH3 is 1. The van der Waals surface area contributed by atoms with Crippen molar-refractivity contribution < 1.29 is 17.9 Å². The van der Waals surface area contributed by atoms with Crippen molar-refractivity contribution in [3.8, 4) is 5.75 Å². The molecule has 0 radical (unpaired) electrons. The second-order valence-electron chi connectivity index (χ2n) is 7.47. The second-order valence-corrected chi connectivity index (χ2v) is 9.51. The molecule has 0 aliphatic heterocycles. The number of hydrogen-bond acceptors (Lipinski definition) is 4. The highest BCUT2D eigenvalue weighted by Crippen LogP contribution is 2.32. The first kappa shape index (κ1) is 22.9. The lowest BCUT2D eigenvalue weighted by molar-refractivity contribution is -0.121. The molecule has 7 heteroatoms. The van der Waals surface area contributed by atoms with E-state index in [0.717, 1.165) is 26.7 Å². The van der Waals surface area contributed by atoms with Crippen LogP contribution in [0, 0.1) is 6.92 Å². The van der Waals surface area contributed by atoms with Crippen molar-refractivity contribution in [1.82, 2.24) is 9.62 Å². The van der Waals surface area contributed by atoms with Gasteiger partial charge in [0.25, 0.3) is 0 Å². The Morgan fingerprint density at radius 1 is 1.10 bits per heavy atom. The van der Waals surface area contributed by atoms with Crippen molar-refractivity contribution in [3.63, 3.8) is 0 Å². The number of carbonyl (C=O) groups is 1. The Balaban J connectivity index is 2.14. The number of ether oxygens (including phenoxy) is 1. The molecule has 0 saturated carbocycles. The van der Waals surface area contributed by atoms with E-state index in [1.54, 1.807) is 25.3 Å². The van der Waals surface area contributed by atoms with Gasteiger partial charge in [-0.1, -0.05) is 32.0 Å². The first-order valence-electron chi connectivity index (χ1n) is 9.57. The summed E-state index contributed by atoms with van der Waals surface area (Å²) in [4.78, 5) is 12.7. The number of nitrogens with one attached hydrogen (secondary N) is 1. The Hall–Kier alpha value is -2.38. The summed E-state index contributed by atoms with van der Waals surface area (Å²) in [6, 6.07) is 11.8. The monoisotopic (exact) mass is 418 g/mol. The maximum Gasteiger partial charge on any atom is 0.243 e. The molecular formula is C22H30N2O4S. The lowest BCUT2D eigenvalue weighted by atomic mass is 9.93. The van der Waals surface area contributed by atoms with Crippen LogP contribution in [0.3, 0.4) is 0 Å². The zero-order chi connectivity index (χ0) is 21.8. The number of hydrogen-bond donors (Lipinski definition) is 1. The van der Waals surface area contributed by atoms with Crippen molar-refractivity contribution in [1.29, 1.82) is 0 Å². The van der Waals surface area contributed by atoms with Gasteiger partial charge in [-0.2, -0.15) is 4.31 Å². The van der Waals surface area contributed by atoms with Crippen molar-refractivity contribution in [2.45, 2.75) is 44.6 Å². The SMILES string of the molecule is COc1cc(C)c([C@@H](C)NC(=O)CN(C)S(=O)(=O)c2ccccc2)cc1C(C)C. The first-order chi connectivity index (χ1) is 13.6. The van der Waals surface area contributed by atoms with Crippen LogP contribution in [0.1, 0.15) is 49.4 Å². The third-order valence-electron chi connectivity index (χ3n) is 4.90. The molecule has 0 aliphatic rings. The molecule has 2 rings (SSSR count). The van der Waals surface area contributed by atoms with Crippen molar-refractivity contribution in [2.24, 2.45) is 0 Å². The third kappa shape index (κ3) is 5.36. The number of carbonyl (C=O) groups excluding carboxylic acids is 1. The molecule has 1 atom stereocenters. The highest BCUT2D eigenvalue weighted by Gasteiger charge is 2.24. The summed E-state index contributed by atoms with van der Waals surface area (Å²) in [7, 11) is -0.661. The van der Waals surface area contributed by atoms with E-state index >= 15 is 0 Å². The predicted octanol–water partition coefficient (Wildman–Crippen LogP) is 3.62. The van der Waals surface area contributed by atoms with Crippen LogP contribution >= 0.6 is 0 Å². The van der Waals surface area contributed by atoms with Gasteiger partial charge in [-0.05, 0) is 60.7 Å². The van der Waals surface area contributed by atoms with Gasteiger partial charge in [0.15, 0.2) is 0 Å². The zero-order valence-corrected chi connectivity index (χ0v) is 18.7. The molecule has 29 heavy (non-hydrogen) atoms. The van der Waals surface area contributed by atoms with Crippen LogP contribution in [0.5, 0.6) is 5.75 Å². The first-order valence-corrected chi connectivity index (χ1v) is 11.0. The molecule has 2 aromatic rings. The lowest BCUT2D eigenvalue weighted by Gasteiger charge is -2.22. The van der Waals surface area contributed by atoms with Crippen molar-refractivity contribution in [2.75, 3.05) is 20.7 Å². The van der Waals surface area contributed by atoms with E-state index in [1.807, 2.05) is 26.0 Å². The fraction of sp³-hybridized carbons (Fsp3) is 0.409. The van der Waals surface area contributed by atoms with Gasteiger partial charge in [-0.15, -0.1) is 0 Å². The quantitative estimate of drug-likeness (QED) is 0.710. The van der Waals surface area contributed by atoms with Gasteiger partial charge in [0.2, 0.25) is 15.9 Å². The Kier molecular flexibility index (Phi) is 7.43. The summed E-state index contributed by atoms with van der Waals surface area (Å²) in [6.45, 7) is 7.78. The van der Waals surface area contributed by atoms with Crippen molar-refractivity contribution in [3.05, 3.63) is 59.2 Å². The highest BCUT2D eigenvalue weighted by molar-refractivity contribution is 7.89. The lowest BCUT2D eigenvalue weighted by Crippen LogP contribution is -2.39. The van der Waals surface area contributed by atoms with E-state index in [2.05, 4.69) is 19.2 Å². The Morgan fingerprint density at radius 2 is 1.72 bits per heavy atom. The van der Waals surface area contributed by atoms with Crippen molar-refractivity contribution >= 4 is 15.9 Å². The number of sulfonamides is 1. The van der Waals surface area contributed by atoms with Crippen LogP contribution in [0.4, 0.5) is 0 Å². The predicted molar refractivity (Wildman–Crippen MR) is 115 cm³/mol. The van der Waals surface area contributed by atoms with Gasteiger partial charge in [-0.3, -0.25) is 4.79 Å². The van der Waals surface area contributed by atoms with Gasteiger partial charge in [-0.25, -0.2) is 8.42 Å². The maximum absolute atomic E-state index is 12.6. The minimum absolute atomic E-state index is 0.163. The highest BCUT2D eigenvalue weighted by atomic mass is 32.2. The molecule has 0 aliphatic carbocycles. The molecule has 0 unspecified atom stereocenters. The minimum Gasteiger partial charge on any atom is -0.496 e. The molecule has 6 nitrogen and oxygen atoms in total. The van der Waals surface area contributed by atoms with Crippen LogP contribution in [-0.2, 0) is 14.8 Å². The standard InChI is InChI=1S/C22H30N2O4S/c1-15(2)19-13-20(16(3)12-21(19)28-6)17(4)23-22(25)14-24(5)29(26,27)18-10-8-7-9-11-18/h7-13,15,17H,14H2,1-6H3,(H,23,25)/t17-/m1/s1. The molecule has 1 N–H and O–H groups in total. The summed E-state index contributed by atoms with van der Waals surface area (Å²) in [6.07, 6.45) is 0. The number of benzene rings is 2. The van der Waals surface area contributed by atoms with Gasteiger partial charge < -0.3 is 10.1 Å². The van der Waals surface area contributed by atoms with Gasteiger partial charge in [0, 0.05) is 7.05 Å². The maximum atomic E-state index is 12.6. The molecule has 0 aromatic heterocycles. The number of likely N-dealkylation sites (N-methyl/N-ethyl adjacent to an activating group) is 1. The van der Waals surface area contributed by atoms with Crippen LogP contribution in [-0.4, -0.2) is 39.3 Å². The summed E-state index contributed by atoms with van der Waals surface area (Å²) in [5, 5.41) is 2.91. The van der Waals surface area contributed by atoms with Crippen LogP contribution < -0.4 is 10.1 Å². The fourth-order valence-electron chi connectivity index (χ4n) is 3.23. The normalized spacial score (nSPS) is 12.8. The molecule has 0 saturated heterocycles. The average molecular weight is 419 g/mol. The second kappa shape index (κ2) is 9.41. The summed E-state index contributed by atoms with van der Waals surface area (Å²) < 4.78 is 31.7. The summed E-state index contributed by atoms with van der Waals surface area (Å²) in [5.41, 5.74) is 3.05. The largest absolute Gasteiger partial charge is 0.496 e. The third-order valence-corrected chi connectivity index (χ3v) is 6.72. The molecule has 0 spiro atoms. The smallest absolute Gasteiger partial charge is 0.243 e. The molecule has 2 aromatic carbocycles. The minimum atomic E-state index is -3.71. The molecule has 0 heterocycles. The molecule has 158 valence electrons. The Morgan fingerprint density at radius 3 is 2.28 bits per heavy atom. The molecule has 0 fully saturated rings. The van der Waals surface area contributed by atoms with Gasteiger partial charge >= 0.3 is 0 Å². The van der Waals surface area contributed by atoms with E-state index in [9.17, 15) is 13.2 Å². The Bertz CT molecular complexity index is 956. The number of rotatable bonds is 8. The number of aryl methyl sites for hydroxylation is 1. The van der Waals surface area contributed by atoms with E-state index in [4.69, 9.17) is 4.74 Å². The van der Waals surface area contributed by atoms with E-state index in [0.29, 0.717) is 0 Å². The number of amides is 1. The Labute approximate surface area is 173 Å². The van der Waals surface area contributed by atoms with Crippen LogP contribution in [0.15, 0.2) is 47.4 Å². The molecule has 0 bridgehead atoms. The van der Waals surface area contributed by atoms with Gasteiger partial charge in [0.05, 0.1) is 24.6 Å². The molecule has 1 amide bonds. The summed E-state index contributed by atoms with van der Waals surface area (Å²) >= 11 is 0. The zero-order valence-electron chi connectivity index (χ0n) is 17.9. The van der Waals surface area contributed by atoms with Gasteiger partial charge in [0.1, 0.15) is 5.75 Å². The summed E-state index contributed by atoms with van der Waals surface area (Å²) in [5.74, 6) is 0.739.